The molecule has 1 aromatic rings. The van der Waals surface area contributed by atoms with E-state index in [-0.39, 0.29) is 6.04 Å². The van der Waals surface area contributed by atoms with Crippen LogP contribution in [0.4, 0.5) is 0 Å². The lowest BCUT2D eigenvalue weighted by molar-refractivity contribution is 0.136. The zero-order valence-corrected chi connectivity index (χ0v) is 12.1. The SMILES string of the molecule is CCCOc1ccc(C2C(N)CCCN2CC)cc1. The van der Waals surface area contributed by atoms with Crippen molar-refractivity contribution in [3.63, 3.8) is 0 Å². The van der Waals surface area contributed by atoms with Gasteiger partial charge in [0.05, 0.1) is 6.61 Å². The topological polar surface area (TPSA) is 38.5 Å². The first kappa shape index (κ1) is 14.4. The number of nitrogens with two attached hydrogens (primary N) is 1. The molecule has 1 fully saturated rings. The van der Waals surface area contributed by atoms with Gasteiger partial charge in [0.15, 0.2) is 0 Å². The van der Waals surface area contributed by atoms with Gasteiger partial charge in [-0.1, -0.05) is 26.0 Å². The first-order chi connectivity index (χ1) is 9.26. The Morgan fingerprint density at radius 2 is 2.00 bits per heavy atom. The van der Waals surface area contributed by atoms with Gasteiger partial charge < -0.3 is 10.5 Å². The molecule has 19 heavy (non-hydrogen) atoms. The summed E-state index contributed by atoms with van der Waals surface area (Å²) in [5.74, 6) is 0.957. The number of benzene rings is 1. The Bertz CT molecular complexity index is 377. The molecule has 3 heteroatoms. The van der Waals surface area contributed by atoms with E-state index in [0.29, 0.717) is 6.04 Å². The third-order valence-electron chi connectivity index (χ3n) is 3.88. The minimum atomic E-state index is 0.246. The molecule has 1 saturated heterocycles. The van der Waals surface area contributed by atoms with E-state index in [1.807, 2.05) is 0 Å². The quantitative estimate of drug-likeness (QED) is 0.886. The molecule has 0 aromatic heterocycles. The maximum Gasteiger partial charge on any atom is 0.119 e. The standard InChI is InChI=1S/C16H26N2O/c1-3-12-19-14-9-7-13(8-10-14)16-15(17)6-5-11-18(16)4-2/h7-10,15-16H,3-6,11-12,17H2,1-2H3. The van der Waals surface area contributed by atoms with Crippen LogP contribution in [0.5, 0.6) is 5.75 Å². The molecule has 2 unspecified atom stereocenters. The summed E-state index contributed by atoms with van der Waals surface area (Å²) in [6.07, 6.45) is 3.37. The molecule has 0 radical (unpaired) electrons. The Labute approximate surface area is 116 Å². The molecule has 0 amide bonds. The Hall–Kier alpha value is -1.06. The minimum absolute atomic E-state index is 0.246. The predicted molar refractivity (Wildman–Crippen MR) is 79.4 cm³/mol. The Morgan fingerprint density at radius 1 is 1.26 bits per heavy atom. The maximum atomic E-state index is 6.32. The fraction of sp³-hybridized carbons (Fsp3) is 0.625. The zero-order chi connectivity index (χ0) is 13.7. The fourth-order valence-electron chi connectivity index (χ4n) is 2.89. The van der Waals surface area contributed by atoms with Gasteiger partial charge in [-0.25, -0.2) is 0 Å². The van der Waals surface area contributed by atoms with Gasteiger partial charge in [-0.2, -0.15) is 0 Å². The van der Waals surface area contributed by atoms with E-state index >= 15 is 0 Å². The van der Waals surface area contributed by atoms with Crippen molar-refractivity contribution in [2.24, 2.45) is 5.73 Å². The molecule has 2 N–H and O–H groups in total. The van der Waals surface area contributed by atoms with Gasteiger partial charge in [0.2, 0.25) is 0 Å². The fourth-order valence-corrected chi connectivity index (χ4v) is 2.89. The average Bonchev–Trinajstić information content (AvgIpc) is 2.45. The first-order valence-electron chi connectivity index (χ1n) is 7.48. The summed E-state index contributed by atoms with van der Waals surface area (Å²) >= 11 is 0. The number of likely N-dealkylation sites (tertiary alicyclic amines) is 1. The van der Waals surface area contributed by atoms with E-state index in [0.717, 1.165) is 38.3 Å². The summed E-state index contributed by atoms with van der Waals surface area (Å²) in [7, 11) is 0. The van der Waals surface area contributed by atoms with Gasteiger partial charge in [0.1, 0.15) is 5.75 Å². The molecule has 0 spiro atoms. The summed E-state index contributed by atoms with van der Waals surface area (Å²) in [5.41, 5.74) is 7.64. The molecule has 1 aliphatic heterocycles. The highest BCUT2D eigenvalue weighted by Gasteiger charge is 2.29. The average molecular weight is 262 g/mol. The van der Waals surface area contributed by atoms with Crippen LogP contribution < -0.4 is 10.5 Å². The van der Waals surface area contributed by atoms with Gasteiger partial charge in [0, 0.05) is 12.1 Å². The maximum absolute atomic E-state index is 6.32. The summed E-state index contributed by atoms with van der Waals surface area (Å²) in [4.78, 5) is 2.48. The number of ether oxygens (including phenoxy) is 1. The van der Waals surface area contributed by atoms with Gasteiger partial charge >= 0.3 is 0 Å². The van der Waals surface area contributed by atoms with Crippen LogP contribution in [0.15, 0.2) is 24.3 Å². The summed E-state index contributed by atoms with van der Waals surface area (Å²) < 4.78 is 5.63. The second kappa shape index (κ2) is 6.92. The largest absolute Gasteiger partial charge is 0.494 e. The van der Waals surface area contributed by atoms with E-state index in [1.165, 1.54) is 12.0 Å². The van der Waals surface area contributed by atoms with Crippen LogP contribution in [0.3, 0.4) is 0 Å². The molecule has 0 bridgehead atoms. The van der Waals surface area contributed by atoms with Gasteiger partial charge in [-0.15, -0.1) is 0 Å². The molecule has 2 rings (SSSR count). The molecular formula is C16H26N2O. The summed E-state index contributed by atoms with van der Waals surface area (Å²) in [6.45, 7) is 7.33. The zero-order valence-electron chi connectivity index (χ0n) is 12.1. The van der Waals surface area contributed by atoms with Crippen molar-refractivity contribution in [3.05, 3.63) is 29.8 Å². The molecule has 1 aromatic carbocycles. The highest BCUT2D eigenvalue weighted by molar-refractivity contribution is 5.30. The lowest BCUT2D eigenvalue weighted by atomic mass is 9.91. The first-order valence-corrected chi connectivity index (χ1v) is 7.48. The van der Waals surface area contributed by atoms with Gasteiger partial charge in [-0.05, 0) is 50.0 Å². The van der Waals surface area contributed by atoms with E-state index in [9.17, 15) is 0 Å². The molecule has 1 aliphatic rings. The monoisotopic (exact) mass is 262 g/mol. The van der Waals surface area contributed by atoms with Crippen molar-refractivity contribution in [1.29, 1.82) is 0 Å². The summed E-state index contributed by atoms with van der Waals surface area (Å²) in [5, 5.41) is 0. The highest BCUT2D eigenvalue weighted by atomic mass is 16.5. The third kappa shape index (κ3) is 3.48. The van der Waals surface area contributed by atoms with E-state index < -0.39 is 0 Å². The van der Waals surface area contributed by atoms with Crippen molar-refractivity contribution in [1.82, 2.24) is 4.90 Å². The van der Waals surface area contributed by atoms with Crippen LogP contribution in [0.1, 0.15) is 44.7 Å². The van der Waals surface area contributed by atoms with Crippen molar-refractivity contribution < 1.29 is 4.74 Å². The normalized spacial score (nSPS) is 24.4. The van der Waals surface area contributed by atoms with E-state index in [1.54, 1.807) is 0 Å². The minimum Gasteiger partial charge on any atom is -0.494 e. The van der Waals surface area contributed by atoms with Crippen LogP contribution in [0.25, 0.3) is 0 Å². The second-order valence-corrected chi connectivity index (χ2v) is 5.30. The number of hydrogen-bond acceptors (Lipinski definition) is 3. The van der Waals surface area contributed by atoms with Crippen LogP contribution in [-0.4, -0.2) is 30.6 Å². The van der Waals surface area contributed by atoms with Crippen LogP contribution >= 0.6 is 0 Å². The smallest absolute Gasteiger partial charge is 0.119 e. The highest BCUT2D eigenvalue weighted by Crippen LogP contribution is 2.30. The third-order valence-corrected chi connectivity index (χ3v) is 3.88. The Kier molecular flexibility index (Phi) is 5.23. The number of nitrogens with zero attached hydrogens (tertiary/aromatic N) is 1. The number of hydrogen-bond donors (Lipinski definition) is 1. The molecule has 0 aliphatic carbocycles. The van der Waals surface area contributed by atoms with E-state index in [2.05, 4.69) is 43.0 Å². The van der Waals surface area contributed by atoms with Gasteiger partial charge in [0.25, 0.3) is 0 Å². The predicted octanol–water partition coefficient (Wildman–Crippen LogP) is 2.96. The van der Waals surface area contributed by atoms with E-state index in [4.69, 9.17) is 10.5 Å². The van der Waals surface area contributed by atoms with Gasteiger partial charge in [-0.3, -0.25) is 4.90 Å². The molecular weight excluding hydrogens is 236 g/mol. The lowest BCUT2D eigenvalue weighted by Crippen LogP contribution is -2.45. The van der Waals surface area contributed by atoms with Crippen molar-refractivity contribution in [2.75, 3.05) is 19.7 Å². The van der Waals surface area contributed by atoms with Crippen molar-refractivity contribution in [2.45, 2.75) is 45.2 Å². The molecule has 2 atom stereocenters. The molecule has 106 valence electrons. The van der Waals surface area contributed by atoms with Crippen molar-refractivity contribution >= 4 is 0 Å². The summed E-state index contributed by atoms with van der Waals surface area (Å²) in [6, 6.07) is 9.09. The van der Waals surface area contributed by atoms with Crippen LogP contribution in [0, 0.1) is 0 Å². The number of likely N-dealkylation sites (N-methyl/N-ethyl adjacent to an activating group) is 1. The van der Waals surface area contributed by atoms with Crippen LogP contribution in [-0.2, 0) is 0 Å². The molecule has 3 nitrogen and oxygen atoms in total. The Morgan fingerprint density at radius 3 is 2.63 bits per heavy atom. The lowest BCUT2D eigenvalue weighted by Gasteiger charge is -2.39. The number of rotatable bonds is 5. The molecule has 1 heterocycles. The second-order valence-electron chi connectivity index (χ2n) is 5.30. The van der Waals surface area contributed by atoms with Crippen LogP contribution in [0.2, 0.25) is 0 Å². The van der Waals surface area contributed by atoms with Crippen molar-refractivity contribution in [3.8, 4) is 5.75 Å². The number of piperidine rings is 1. The Balaban J connectivity index is 2.10. The molecule has 0 saturated carbocycles.